The van der Waals surface area contributed by atoms with E-state index in [4.69, 9.17) is 27.4 Å². The number of hydrogen-bond acceptors (Lipinski definition) is 4. The van der Waals surface area contributed by atoms with Crippen LogP contribution < -0.4 is 20.5 Å². The molecule has 3 N–H and O–H groups in total. The Kier molecular flexibility index (Phi) is 6.24. The lowest BCUT2D eigenvalue weighted by atomic mass is 10.0. The minimum absolute atomic E-state index is 0.208. The quantitative estimate of drug-likeness (QED) is 0.756. The SMILES string of the molecule is CCCC(C(=O)Nc1cc(OC)cc(OC)c1)C(N)=S. The van der Waals surface area contributed by atoms with Gasteiger partial charge < -0.3 is 20.5 Å². The molecule has 0 aliphatic heterocycles. The predicted molar refractivity (Wildman–Crippen MR) is 83.4 cm³/mol. The van der Waals surface area contributed by atoms with Crippen LogP contribution >= 0.6 is 12.2 Å². The summed E-state index contributed by atoms with van der Waals surface area (Å²) < 4.78 is 10.3. The zero-order chi connectivity index (χ0) is 15.1. The minimum atomic E-state index is -0.466. The van der Waals surface area contributed by atoms with Gasteiger partial charge >= 0.3 is 0 Å². The summed E-state index contributed by atoms with van der Waals surface area (Å²) in [7, 11) is 3.10. The molecular formula is C14H20N2O3S. The van der Waals surface area contributed by atoms with E-state index >= 15 is 0 Å². The molecule has 0 fully saturated rings. The van der Waals surface area contributed by atoms with E-state index in [-0.39, 0.29) is 10.9 Å². The highest BCUT2D eigenvalue weighted by atomic mass is 32.1. The van der Waals surface area contributed by atoms with Gasteiger partial charge in [-0.05, 0) is 6.42 Å². The van der Waals surface area contributed by atoms with Crippen LogP contribution in [0.15, 0.2) is 18.2 Å². The third-order valence-electron chi connectivity index (χ3n) is 2.86. The maximum absolute atomic E-state index is 12.2. The Labute approximate surface area is 124 Å². The van der Waals surface area contributed by atoms with E-state index in [1.165, 1.54) is 0 Å². The van der Waals surface area contributed by atoms with Crippen molar-refractivity contribution in [2.24, 2.45) is 11.7 Å². The van der Waals surface area contributed by atoms with Crippen LogP contribution in [-0.2, 0) is 4.79 Å². The average Bonchev–Trinajstić information content (AvgIpc) is 2.43. The fourth-order valence-electron chi connectivity index (χ4n) is 1.80. The summed E-state index contributed by atoms with van der Waals surface area (Å²) in [4.78, 5) is 12.4. The third kappa shape index (κ3) is 4.38. The number of methoxy groups -OCH3 is 2. The van der Waals surface area contributed by atoms with Crippen LogP contribution in [-0.4, -0.2) is 25.1 Å². The van der Waals surface area contributed by atoms with E-state index in [1.54, 1.807) is 32.4 Å². The molecule has 0 aliphatic carbocycles. The first-order valence-electron chi connectivity index (χ1n) is 6.35. The Bertz CT molecular complexity index is 469. The van der Waals surface area contributed by atoms with Crippen molar-refractivity contribution in [2.75, 3.05) is 19.5 Å². The lowest BCUT2D eigenvalue weighted by molar-refractivity contribution is -0.118. The van der Waals surface area contributed by atoms with Gasteiger partial charge in [-0.25, -0.2) is 0 Å². The van der Waals surface area contributed by atoms with Gasteiger partial charge in [0.05, 0.1) is 25.1 Å². The Balaban J connectivity index is 2.91. The molecule has 1 unspecified atom stereocenters. The second-order valence-electron chi connectivity index (χ2n) is 4.33. The van der Waals surface area contributed by atoms with Crippen molar-refractivity contribution in [3.8, 4) is 11.5 Å². The van der Waals surface area contributed by atoms with Crippen LogP contribution in [0.1, 0.15) is 19.8 Å². The molecule has 1 atom stereocenters. The van der Waals surface area contributed by atoms with E-state index in [1.807, 2.05) is 6.92 Å². The molecule has 6 heteroatoms. The number of nitrogens with two attached hydrogens (primary N) is 1. The van der Waals surface area contributed by atoms with Crippen molar-refractivity contribution in [2.45, 2.75) is 19.8 Å². The van der Waals surface area contributed by atoms with Crippen molar-refractivity contribution in [3.63, 3.8) is 0 Å². The summed E-state index contributed by atoms with van der Waals surface area (Å²) in [5.74, 6) is 0.519. The lowest BCUT2D eigenvalue weighted by Gasteiger charge is -2.15. The number of anilines is 1. The van der Waals surface area contributed by atoms with Gasteiger partial charge in [-0.2, -0.15) is 0 Å². The Hall–Kier alpha value is -1.82. The minimum Gasteiger partial charge on any atom is -0.497 e. The van der Waals surface area contributed by atoms with Gasteiger partial charge in [0.15, 0.2) is 0 Å². The van der Waals surface area contributed by atoms with E-state index in [9.17, 15) is 4.79 Å². The molecule has 1 amide bonds. The fourth-order valence-corrected chi connectivity index (χ4v) is 2.03. The number of rotatable bonds is 7. The molecule has 0 aliphatic rings. The fraction of sp³-hybridized carbons (Fsp3) is 0.429. The van der Waals surface area contributed by atoms with E-state index < -0.39 is 5.92 Å². The monoisotopic (exact) mass is 296 g/mol. The van der Waals surface area contributed by atoms with Gasteiger partial charge in [0, 0.05) is 23.9 Å². The highest BCUT2D eigenvalue weighted by Crippen LogP contribution is 2.26. The topological polar surface area (TPSA) is 73.6 Å². The molecule has 110 valence electrons. The van der Waals surface area contributed by atoms with Crippen LogP contribution in [0.25, 0.3) is 0 Å². The highest BCUT2D eigenvalue weighted by Gasteiger charge is 2.20. The number of hydrogen-bond donors (Lipinski definition) is 2. The molecule has 0 saturated heterocycles. The smallest absolute Gasteiger partial charge is 0.234 e. The van der Waals surface area contributed by atoms with Gasteiger partial charge in [-0.1, -0.05) is 25.6 Å². The molecule has 0 heterocycles. The average molecular weight is 296 g/mol. The van der Waals surface area contributed by atoms with E-state index in [0.29, 0.717) is 23.6 Å². The lowest BCUT2D eigenvalue weighted by Crippen LogP contribution is -2.33. The van der Waals surface area contributed by atoms with Crippen molar-refractivity contribution in [3.05, 3.63) is 18.2 Å². The van der Waals surface area contributed by atoms with Gasteiger partial charge in [-0.15, -0.1) is 0 Å². The second kappa shape index (κ2) is 7.69. The summed E-state index contributed by atoms with van der Waals surface area (Å²) in [6.45, 7) is 1.98. The first kappa shape index (κ1) is 16.2. The third-order valence-corrected chi connectivity index (χ3v) is 3.14. The number of benzene rings is 1. The van der Waals surface area contributed by atoms with Crippen LogP contribution in [0.2, 0.25) is 0 Å². The largest absolute Gasteiger partial charge is 0.497 e. The first-order valence-corrected chi connectivity index (χ1v) is 6.75. The van der Waals surface area contributed by atoms with Gasteiger partial charge in [0.2, 0.25) is 5.91 Å². The molecule has 0 spiro atoms. The molecule has 0 saturated carbocycles. The first-order chi connectivity index (χ1) is 9.51. The van der Waals surface area contributed by atoms with Crippen molar-refractivity contribution < 1.29 is 14.3 Å². The molecule has 1 rings (SSSR count). The summed E-state index contributed by atoms with van der Waals surface area (Å²) in [5.41, 5.74) is 6.20. The molecule has 0 bridgehead atoms. The van der Waals surface area contributed by atoms with Gasteiger partial charge in [-0.3, -0.25) is 4.79 Å². The predicted octanol–water partition coefficient (Wildman–Crippen LogP) is 2.34. The number of nitrogens with one attached hydrogen (secondary N) is 1. The summed E-state index contributed by atoms with van der Waals surface area (Å²) in [6, 6.07) is 5.15. The zero-order valence-corrected chi connectivity index (χ0v) is 12.8. The van der Waals surface area contributed by atoms with Crippen molar-refractivity contribution in [1.82, 2.24) is 0 Å². The molecule has 20 heavy (non-hydrogen) atoms. The molecule has 5 nitrogen and oxygen atoms in total. The van der Waals surface area contributed by atoms with E-state index in [2.05, 4.69) is 5.32 Å². The van der Waals surface area contributed by atoms with Crippen molar-refractivity contribution >= 4 is 28.8 Å². The molecule has 1 aromatic carbocycles. The second-order valence-corrected chi connectivity index (χ2v) is 4.81. The van der Waals surface area contributed by atoms with Crippen LogP contribution in [0, 0.1) is 5.92 Å². The van der Waals surface area contributed by atoms with E-state index in [0.717, 1.165) is 6.42 Å². The Morgan fingerprint density at radius 1 is 1.30 bits per heavy atom. The molecule has 0 aromatic heterocycles. The number of thiocarbonyl (C=S) groups is 1. The molecule has 1 aromatic rings. The van der Waals surface area contributed by atoms with Crippen LogP contribution in [0.4, 0.5) is 5.69 Å². The van der Waals surface area contributed by atoms with Crippen LogP contribution in [0.3, 0.4) is 0 Å². The summed E-state index contributed by atoms with van der Waals surface area (Å²) in [6.07, 6.45) is 1.46. The van der Waals surface area contributed by atoms with Crippen LogP contribution in [0.5, 0.6) is 11.5 Å². The number of amides is 1. The maximum atomic E-state index is 12.2. The molecule has 0 radical (unpaired) electrons. The summed E-state index contributed by atoms with van der Waals surface area (Å²) >= 11 is 4.94. The Morgan fingerprint density at radius 3 is 2.25 bits per heavy atom. The number of ether oxygens (including phenoxy) is 2. The van der Waals surface area contributed by atoms with Gasteiger partial charge in [0.1, 0.15) is 11.5 Å². The summed E-state index contributed by atoms with van der Waals surface area (Å²) in [5, 5.41) is 2.79. The standard InChI is InChI=1S/C14H20N2O3S/c1-4-5-12(13(15)20)14(17)16-9-6-10(18-2)8-11(7-9)19-3/h6-8,12H,4-5H2,1-3H3,(H2,15,20)(H,16,17). The highest BCUT2D eigenvalue weighted by molar-refractivity contribution is 7.80. The number of carbonyl (C=O) groups is 1. The number of carbonyl (C=O) groups excluding carboxylic acids is 1. The van der Waals surface area contributed by atoms with Gasteiger partial charge in [0.25, 0.3) is 0 Å². The maximum Gasteiger partial charge on any atom is 0.234 e. The molecular weight excluding hydrogens is 276 g/mol. The zero-order valence-electron chi connectivity index (χ0n) is 11.9. The Morgan fingerprint density at radius 2 is 1.85 bits per heavy atom. The normalized spacial score (nSPS) is 11.6. The van der Waals surface area contributed by atoms with Crippen molar-refractivity contribution in [1.29, 1.82) is 0 Å².